The van der Waals surface area contributed by atoms with E-state index in [-0.39, 0.29) is 11.9 Å². The third-order valence-electron chi connectivity index (χ3n) is 3.59. The zero-order valence-corrected chi connectivity index (χ0v) is 13.2. The van der Waals surface area contributed by atoms with Crippen molar-refractivity contribution < 1.29 is 9.53 Å². The molecule has 1 aliphatic heterocycles. The summed E-state index contributed by atoms with van der Waals surface area (Å²) in [4.78, 5) is 14.6. The SMILES string of the molecule is CCNC(=O)C1COCCN1c1ccc(C(N)=S)c(C)c1. The van der Waals surface area contributed by atoms with Crippen LogP contribution in [0.3, 0.4) is 0 Å². The van der Waals surface area contributed by atoms with Crippen LogP contribution in [0.4, 0.5) is 5.69 Å². The lowest BCUT2D eigenvalue weighted by Gasteiger charge is -2.36. The Morgan fingerprint density at radius 2 is 2.33 bits per heavy atom. The number of carbonyl (C=O) groups excluding carboxylic acids is 1. The largest absolute Gasteiger partial charge is 0.389 e. The Morgan fingerprint density at radius 3 is 2.95 bits per heavy atom. The molecule has 3 N–H and O–H groups in total. The zero-order chi connectivity index (χ0) is 15.4. The molecule has 114 valence electrons. The molecule has 0 aromatic heterocycles. The van der Waals surface area contributed by atoms with Gasteiger partial charge in [0, 0.05) is 24.3 Å². The fourth-order valence-corrected chi connectivity index (χ4v) is 2.75. The number of nitrogens with zero attached hydrogens (tertiary/aromatic N) is 1. The predicted molar refractivity (Wildman–Crippen MR) is 87.7 cm³/mol. The summed E-state index contributed by atoms with van der Waals surface area (Å²) in [5.74, 6) is -0.00623. The number of nitrogens with two attached hydrogens (primary N) is 1. The van der Waals surface area contributed by atoms with E-state index in [9.17, 15) is 4.79 Å². The summed E-state index contributed by atoms with van der Waals surface area (Å²) in [7, 11) is 0. The molecule has 21 heavy (non-hydrogen) atoms. The molecule has 0 radical (unpaired) electrons. The number of aryl methyl sites for hydroxylation is 1. The first-order chi connectivity index (χ1) is 10.0. The Morgan fingerprint density at radius 1 is 1.57 bits per heavy atom. The molecule has 0 aliphatic carbocycles. The molecule has 1 heterocycles. The van der Waals surface area contributed by atoms with Crippen molar-refractivity contribution in [1.29, 1.82) is 0 Å². The molecule has 0 spiro atoms. The highest BCUT2D eigenvalue weighted by Gasteiger charge is 2.29. The quantitative estimate of drug-likeness (QED) is 0.811. The van der Waals surface area contributed by atoms with Crippen LogP contribution < -0.4 is 16.0 Å². The number of hydrogen-bond donors (Lipinski definition) is 2. The van der Waals surface area contributed by atoms with Crippen molar-refractivity contribution >= 4 is 28.8 Å². The highest BCUT2D eigenvalue weighted by molar-refractivity contribution is 7.80. The summed E-state index contributed by atoms with van der Waals surface area (Å²) < 4.78 is 5.45. The summed E-state index contributed by atoms with van der Waals surface area (Å²) in [6.45, 7) is 6.21. The van der Waals surface area contributed by atoms with Gasteiger partial charge in [-0.1, -0.05) is 12.2 Å². The summed E-state index contributed by atoms with van der Waals surface area (Å²) in [5, 5.41) is 2.86. The van der Waals surface area contributed by atoms with Gasteiger partial charge in [-0.2, -0.15) is 0 Å². The van der Waals surface area contributed by atoms with E-state index in [0.717, 1.165) is 16.8 Å². The molecule has 1 amide bonds. The van der Waals surface area contributed by atoms with E-state index in [0.29, 0.717) is 31.3 Å². The molecule has 0 bridgehead atoms. The molecule has 5 nitrogen and oxygen atoms in total. The number of benzene rings is 1. The Labute approximate surface area is 130 Å². The summed E-state index contributed by atoms with van der Waals surface area (Å²) in [6, 6.07) is 5.59. The number of amides is 1. The van der Waals surface area contributed by atoms with Crippen LogP contribution >= 0.6 is 12.2 Å². The van der Waals surface area contributed by atoms with E-state index >= 15 is 0 Å². The number of carbonyl (C=O) groups is 1. The van der Waals surface area contributed by atoms with Gasteiger partial charge in [0.1, 0.15) is 11.0 Å². The molecule has 6 heteroatoms. The Balaban J connectivity index is 2.27. The van der Waals surface area contributed by atoms with Crippen LogP contribution in [0.25, 0.3) is 0 Å². The van der Waals surface area contributed by atoms with Gasteiger partial charge in [-0.05, 0) is 37.6 Å². The molecule has 1 aromatic carbocycles. The first kappa shape index (κ1) is 15.7. The summed E-state index contributed by atoms with van der Waals surface area (Å²) in [6.07, 6.45) is 0. The number of anilines is 1. The molecule has 2 rings (SSSR count). The first-order valence-corrected chi connectivity index (χ1v) is 7.48. The monoisotopic (exact) mass is 307 g/mol. The molecule has 1 fully saturated rings. The average Bonchev–Trinajstić information content (AvgIpc) is 2.47. The minimum atomic E-state index is -0.297. The van der Waals surface area contributed by atoms with Gasteiger partial charge in [0.25, 0.3) is 0 Å². The maximum Gasteiger partial charge on any atom is 0.245 e. The number of morpholine rings is 1. The van der Waals surface area contributed by atoms with E-state index in [4.69, 9.17) is 22.7 Å². The number of likely N-dealkylation sites (N-methyl/N-ethyl adjacent to an activating group) is 1. The van der Waals surface area contributed by atoms with Crippen molar-refractivity contribution in [2.75, 3.05) is 31.2 Å². The van der Waals surface area contributed by atoms with Gasteiger partial charge in [0.15, 0.2) is 0 Å². The highest BCUT2D eigenvalue weighted by atomic mass is 32.1. The minimum Gasteiger partial charge on any atom is -0.389 e. The number of hydrogen-bond acceptors (Lipinski definition) is 4. The fraction of sp³-hybridized carbons (Fsp3) is 0.467. The van der Waals surface area contributed by atoms with E-state index < -0.39 is 0 Å². The van der Waals surface area contributed by atoms with E-state index in [1.54, 1.807) is 0 Å². The van der Waals surface area contributed by atoms with Crippen LogP contribution in [-0.2, 0) is 9.53 Å². The lowest BCUT2D eigenvalue weighted by Crippen LogP contribution is -2.54. The van der Waals surface area contributed by atoms with Gasteiger partial charge in [-0.15, -0.1) is 0 Å². The van der Waals surface area contributed by atoms with Crippen molar-refractivity contribution in [2.45, 2.75) is 19.9 Å². The van der Waals surface area contributed by atoms with E-state index in [2.05, 4.69) is 10.2 Å². The number of ether oxygens (including phenoxy) is 1. The van der Waals surface area contributed by atoms with Crippen LogP contribution in [0.15, 0.2) is 18.2 Å². The van der Waals surface area contributed by atoms with Crippen LogP contribution in [0, 0.1) is 6.92 Å². The highest BCUT2D eigenvalue weighted by Crippen LogP contribution is 2.23. The van der Waals surface area contributed by atoms with Crippen molar-refractivity contribution in [2.24, 2.45) is 5.73 Å². The van der Waals surface area contributed by atoms with E-state index in [1.807, 2.05) is 32.0 Å². The van der Waals surface area contributed by atoms with Crippen LogP contribution in [-0.4, -0.2) is 43.2 Å². The second kappa shape index (κ2) is 6.87. The topological polar surface area (TPSA) is 67.6 Å². The molecule has 1 aliphatic rings. The van der Waals surface area contributed by atoms with Crippen LogP contribution in [0.1, 0.15) is 18.1 Å². The predicted octanol–water partition coefficient (Wildman–Crippen LogP) is 0.971. The Hall–Kier alpha value is -1.66. The first-order valence-electron chi connectivity index (χ1n) is 7.07. The van der Waals surface area contributed by atoms with Crippen molar-refractivity contribution in [3.05, 3.63) is 29.3 Å². The van der Waals surface area contributed by atoms with Gasteiger partial charge in [0.2, 0.25) is 5.91 Å². The molecular formula is C15H21N3O2S. The maximum absolute atomic E-state index is 12.2. The fourth-order valence-electron chi connectivity index (χ4n) is 2.52. The summed E-state index contributed by atoms with van der Waals surface area (Å²) >= 11 is 5.03. The molecule has 1 unspecified atom stereocenters. The molecule has 1 aromatic rings. The third kappa shape index (κ3) is 3.51. The average molecular weight is 307 g/mol. The lowest BCUT2D eigenvalue weighted by molar-refractivity contribution is -0.124. The van der Waals surface area contributed by atoms with Crippen LogP contribution in [0.5, 0.6) is 0 Å². The van der Waals surface area contributed by atoms with Crippen molar-refractivity contribution in [1.82, 2.24) is 5.32 Å². The standard InChI is InChI=1S/C15H21N3O2S/c1-3-17-15(19)13-9-20-7-6-18(13)11-4-5-12(14(16)21)10(2)8-11/h4-5,8,13H,3,6-7,9H2,1-2H3,(H2,16,21)(H,17,19). The smallest absolute Gasteiger partial charge is 0.245 e. The molecule has 1 saturated heterocycles. The van der Waals surface area contributed by atoms with Crippen molar-refractivity contribution in [3.8, 4) is 0 Å². The van der Waals surface area contributed by atoms with Gasteiger partial charge in [0.05, 0.1) is 13.2 Å². The number of rotatable bonds is 4. The second-order valence-corrected chi connectivity index (χ2v) is 5.48. The Bertz CT molecular complexity index is 548. The van der Waals surface area contributed by atoms with E-state index in [1.165, 1.54) is 0 Å². The minimum absolute atomic E-state index is 0.00623. The van der Waals surface area contributed by atoms with Gasteiger partial charge in [-0.3, -0.25) is 4.79 Å². The number of nitrogens with one attached hydrogen (secondary N) is 1. The number of thiocarbonyl (C=S) groups is 1. The van der Waals surface area contributed by atoms with Gasteiger partial charge < -0.3 is 20.7 Å². The van der Waals surface area contributed by atoms with Crippen molar-refractivity contribution in [3.63, 3.8) is 0 Å². The molecule has 0 saturated carbocycles. The van der Waals surface area contributed by atoms with Gasteiger partial charge >= 0.3 is 0 Å². The molecular weight excluding hydrogens is 286 g/mol. The Kier molecular flexibility index (Phi) is 5.14. The lowest BCUT2D eigenvalue weighted by atomic mass is 10.1. The second-order valence-electron chi connectivity index (χ2n) is 5.04. The third-order valence-corrected chi connectivity index (χ3v) is 3.81. The summed E-state index contributed by atoms with van der Waals surface area (Å²) in [5.41, 5.74) is 8.57. The zero-order valence-electron chi connectivity index (χ0n) is 12.4. The maximum atomic E-state index is 12.2. The normalized spacial score (nSPS) is 18.4. The van der Waals surface area contributed by atoms with Crippen LogP contribution in [0.2, 0.25) is 0 Å². The van der Waals surface area contributed by atoms with Gasteiger partial charge in [-0.25, -0.2) is 0 Å². The molecule has 1 atom stereocenters.